The molecule has 80 valence electrons. The molecule has 15 heavy (non-hydrogen) atoms. The first kappa shape index (κ1) is 9.96. The van der Waals surface area contributed by atoms with Crippen LogP contribution in [-0.2, 0) is 4.74 Å². The van der Waals surface area contributed by atoms with Gasteiger partial charge in [-0.25, -0.2) is 4.99 Å². The third-order valence-corrected chi connectivity index (χ3v) is 2.92. The third kappa shape index (κ3) is 1.79. The van der Waals surface area contributed by atoms with E-state index in [9.17, 15) is 0 Å². The number of hydrogen-bond acceptors (Lipinski definition) is 2. The topological polar surface area (TPSA) is 48.7 Å². The second kappa shape index (κ2) is 3.88. The van der Waals surface area contributed by atoms with Crippen LogP contribution >= 0.6 is 0 Å². The first-order valence-corrected chi connectivity index (χ1v) is 5.00. The van der Waals surface area contributed by atoms with Crippen LogP contribution in [0.1, 0.15) is 12.8 Å². The van der Waals surface area contributed by atoms with Gasteiger partial charge in [0.25, 0.3) is 0 Å². The second-order valence-electron chi connectivity index (χ2n) is 3.78. The fourth-order valence-corrected chi connectivity index (χ4v) is 2.04. The number of nitrogens with one attached hydrogen (secondary N) is 1. The van der Waals surface area contributed by atoms with E-state index in [0.29, 0.717) is 0 Å². The van der Waals surface area contributed by atoms with Gasteiger partial charge in [0.15, 0.2) is 0 Å². The van der Waals surface area contributed by atoms with E-state index >= 15 is 0 Å². The van der Waals surface area contributed by atoms with E-state index in [2.05, 4.69) is 17.8 Å². The Morgan fingerprint density at radius 2 is 2.33 bits per heavy atom. The zero-order valence-electron chi connectivity index (χ0n) is 8.92. The Kier molecular flexibility index (Phi) is 2.58. The van der Waals surface area contributed by atoms with Crippen molar-refractivity contribution in [2.24, 2.45) is 4.99 Å². The Morgan fingerprint density at radius 3 is 3.00 bits per heavy atom. The Morgan fingerprint density at radius 1 is 1.53 bits per heavy atom. The van der Waals surface area contributed by atoms with E-state index in [-0.39, 0.29) is 5.96 Å². The molecule has 0 aromatic rings. The van der Waals surface area contributed by atoms with E-state index in [0.717, 1.165) is 31.7 Å². The van der Waals surface area contributed by atoms with Crippen LogP contribution in [0.5, 0.6) is 0 Å². The lowest BCUT2D eigenvalue weighted by Crippen LogP contribution is -2.26. The maximum absolute atomic E-state index is 7.60. The maximum atomic E-state index is 7.60. The summed E-state index contributed by atoms with van der Waals surface area (Å²) in [6, 6.07) is 0. The molecule has 1 heterocycles. The fourth-order valence-electron chi connectivity index (χ4n) is 2.04. The lowest BCUT2D eigenvalue weighted by atomic mass is 9.99. The number of allylic oxidation sites excluding steroid dienone is 1. The Hall–Kier alpha value is -1.58. The summed E-state index contributed by atoms with van der Waals surface area (Å²) in [5.41, 5.74) is 2.69. The van der Waals surface area contributed by atoms with Crippen LogP contribution < -0.4 is 0 Å². The van der Waals surface area contributed by atoms with Crippen molar-refractivity contribution in [1.82, 2.24) is 4.90 Å². The molecule has 2 aliphatic rings. The van der Waals surface area contributed by atoms with Crippen LogP contribution in [0.25, 0.3) is 0 Å². The van der Waals surface area contributed by atoms with Crippen LogP contribution in [0.4, 0.5) is 0 Å². The van der Waals surface area contributed by atoms with Gasteiger partial charge in [-0.15, -0.1) is 0 Å². The number of hydrogen-bond donors (Lipinski definition) is 1. The Balaban J connectivity index is 2.11. The SMILES string of the molecule is C=NC(=N)N1CC2=C(CCC(OC)=C2)C1. The molecular formula is C11H15N3O. The van der Waals surface area contributed by atoms with E-state index in [4.69, 9.17) is 10.1 Å². The van der Waals surface area contributed by atoms with Gasteiger partial charge in [0.1, 0.15) is 0 Å². The zero-order valence-corrected chi connectivity index (χ0v) is 8.92. The van der Waals surface area contributed by atoms with Gasteiger partial charge in [0, 0.05) is 19.5 Å². The normalized spacial score (nSPS) is 19.8. The summed E-state index contributed by atoms with van der Waals surface area (Å²) >= 11 is 0. The first-order chi connectivity index (χ1) is 7.24. The van der Waals surface area contributed by atoms with Crippen LogP contribution in [-0.4, -0.2) is 37.8 Å². The summed E-state index contributed by atoms with van der Waals surface area (Å²) in [5, 5.41) is 7.60. The quantitative estimate of drug-likeness (QED) is 0.521. The van der Waals surface area contributed by atoms with E-state index in [1.54, 1.807) is 7.11 Å². The van der Waals surface area contributed by atoms with Gasteiger partial charge in [-0.2, -0.15) is 0 Å². The number of nitrogens with zero attached hydrogens (tertiary/aromatic N) is 2. The highest BCUT2D eigenvalue weighted by Gasteiger charge is 2.25. The maximum Gasteiger partial charge on any atom is 0.217 e. The molecule has 1 aliphatic carbocycles. The average Bonchev–Trinajstić information content (AvgIpc) is 2.70. The predicted octanol–water partition coefficient (Wildman–Crippen LogP) is 1.56. The van der Waals surface area contributed by atoms with E-state index in [1.807, 2.05) is 4.90 Å². The number of ether oxygens (including phenoxy) is 1. The molecule has 1 aliphatic heterocycles. The molecule has 0 fully saturated rings. The summed E-state index contributed by atoms with van der Waals surface area (Å²) in [7, 11) is 1.71. The molecule has 0 unspecified atom stereocenters. The highest BCUT2D eigenvalue weighted by atomic mass is 16.5. The molecule has 0 radical (unpaired) electrons. The number of rotatable bonds is 1. The van der Waals surface area contributed by atoms with E-state index < -0.39 is 0 Å². The molecule has 0 aromatic carbocycles. The molecule has 0 amide bonds. The smallest absolute Gasteiger partial charge is 0.217 e. The standard InChI is InChI=1S/C11H15N3O/c1-13-11(12)14-6-8-3-4-10(15-2)5-9(8)7-14/h5,12H,1,3-4,6-7H2,2H3. The number of guanidine groups is 1. The molecule has 0 aromatic heterocycles. The number of aliphatic imine (C=N–C) groups is 1. The van der Waals surface area contributed by atoms with Crippen molar-refractivity contribution in [3.63, 3.8) is 0 Å². The van der Waals surface area contributed by atoms with Crippen LogP contribution in [0, 0.1) is 5.41 Å². The molecule has 0 saturated heterocycles. The van der Waals surface area contributed by atoms with Crippen molar-refractivity contribution in [2.45, 2.75) is 12.8 Å². The van der Waals surface area contributed by atoms with Crippen molar-refractivity contribution < 1.29 is 4.74 Å². The summed E-state index contributed by atoms with van der Waals surface area (Å²) in [4.78, 5) is 5.57. The minimum Gasteiger partial charge on any atom is -0.501 e. The molecular weight excluding hydrogens is 190 g/mol. The van der Waals surface area contributed by atoms with Gasteiger partial charge >= 0.3 is 0 Å². The molecule has 0 bridgehead atoms. The van der Waals surface area contributed by atoms with Crippen LogP contribution in [0.3, 0.4) is 0 Å². The molecule has 4 nitrogen and oxygen atoms in total. The minimum atomic E-state index is 0.261. The van der Waals surface area contributed by atoms with Crippen LogP contribution in [0.2, 0.25) is 0 Å². The van der Waals surface area contributed by atoms with Crippen molar-refractivity contribution in [1.29, 1.82) is 5.41 Å². The fraction of sp³-hybridized carbons (Fsp3) is 0.455. The molecule has 0 spiro atoms. The predicted molar refractivity (Wildman–Crippen MR) is 60.2 cm³/mol. The van der Waals surface area contributed by atoms with Crippen molar-refractivity contribution in [3.8, 4) is 0 Å². The van der Waals surface area contributed by atoms with Gasteiger partial charge in [-0.05, 0) is 30.4 Å². The van der Waals surface area contributed by atoms with Crippen molar-refractivity contribution in [2.75, 3.05) is 20.2 Å². The Labute approximate surface area is 89.5 Å². The summed E-state index contributed by atoms with van der Waals surface area (Å²) in [6.45, 7) is 4.96. The lowest BCUT2D eigenvalue weighted by molar-refractivity contribution is 0.275. The van der Waals surface area contributed by atoms with Crippen molar-refractivity contribution in [3.05, 3.63) is 23.0 Å². The van der Waals surface area contributed by atoms with Gasteiger partial charge in [0.05, 0.1) is 12.9 Å². The molecule has 1 N–H and O–H groups in total. The highest BCUT2D eigenvalue weighted by Crippen LogP contribution is 2.30. The average molecular weight is 205 g/mol. The highest BCUT2D eigenvalue weighted by molar-refractivity contribution is 5.82. The summed E-state index contributed by atoms with van der Waals surface area (Å²) < 4.78 is 5.24. The minimum absolute atomic E-state index is 0.261. The van der Waals surface area contributed by atoms with Crippen molar-refractivity contribution >= 4 is 12.7 Å². The zero-order chi connectivity index (χ0) is 10.8. The first-order valence-electron chi connectivity index (χ1n) is 5.00. The van der Waals surface area contributed by atoms with Gasteiger partial charge in [-0.3, -0.25) is 5.41 Å². The summed E-state index contributed by atoms with van der Waals surface area (Å²) in [6.07, 6.45) is 4.10. The molecule has 0 saturated carbocycles. The van der Waals surface area contributed by atoms with Gasteiger partial charge in [-0.1, -0.05) is 0 Å². The van der Waals surface area contributed by atoms with Gasteiger partial charge < -0.3 is 9.64 Å². The lowest BCUT2D eigenvalue weighted by Gasteiger charge is -2.14. The second-order valence-corrected chi connectivity index (χ2v) is 3.78. The molecule has 0 atom stereocenters. The Bertz CT molecular complexity index is 368. The van der Waals surface area contributed by atoms with E-state index in [1.165, 1.54) is 11.1 Å². The van der Waals surface area contributed by atoms with Crippen LogP contribution in [0.15, 0.2) is 28.0 Å². The number of methoxy groups -OCH3 is 1. The third-order valence-electron chi connectivity index (χ3n) is 2.92. The summed E-state index contributed by atoms with van der Waals surface area (Å²) in [5.74, 6) is 1.30. The monoisotopic (exact) mass is 205 g/mol. The van der Waals surface area contributed by atoms with Gasteiger partial charge in [0.2, 0.25) is 5.96 Å². The molecule has 4 heteroatoms. The largest absolute Gasteiger partial charge is 0.501 e. The molecule has 2 rings (SSSR count).